The van der Waals surface area contributed by atoms with Crippen molar-refractivity contribution in [1.82, 2.24) is 9.97 Å². The summed E-state index contributed by atoms with van der Waals surface area (Å²) in [4.78, 5) is 10.4. The molecule has 0 spiro atoms. The molecule has 4 nitrogen and oxygen atoms in total. The molecule has 4 heteroatoms. The van der Waals surface area contributed by atoms with Crippen LogP contribution in [0.4, 0.5) is 0 Å². The molecule has 0 bridgehead atoms. The van der Waals surface area contributed by atoms with Gasteiger partial charge in [0.05, 0.1) is 11.4 Å². The van der Waals surface area contributed by atoms with Crippen LogP contribution in [0.2, 0.25) is 0 Å². The molecule has 0 saturated carbocycles. The third-order valence-corrected chi connectivity index (χ3v) is 9.83. The van der Waals surface area contributed by atoms with Gasteiger partial charge in [0, 0.05) is 49.0 Å². The highest BCUT2D eigenvalue weighted by Crippen LogP contribution is 2.51. The molecule has 11 rings (SSSR count). The van der Waals surface area contributed by atoms with E-state index < -0.39 is 0 Å². The molecule has 0 unspecified atom stereocenters. The zero-order valence-electron chi connectivity index (χ0n) is 25.6. The van der Waals surface area contributed by atoms with Gasteiger partial charge in [-0.3, -0.25) is 0 Å². The molecular formula is C44H24N2O2. The molecule has 7 aromatic carbocycles. The Morgan fingerprint density at radius 1 is 0.354 bits per heavy atom. The van der Waals surface area contributed by atoms with E-state index in [-0.39, 0.29) is 0 Å². The molecule has 3 heterocycles. The minimum atomic E-state index is 0.686. The number of benzene rings is 7. The summed E-state index contributed by atoms with van der Waals surface area (Å²) >= 11 is 0. The van der Waals surface area contributed by atoms with Crippen LogP contribution in [0, 0.1) is 0 Å². The number of rotatable bonds is 3. The van der Waals surface area contributed by atoms with Crippen LogP contribution in [-0.4, -0.2) is 9.97 Å². The molecule has 1 aliphatic carbocycles. The molecule has 0 aliphatic heterocycles. The van der Waals surface area contributed by atoms with Crippen molar-refractivity contribution in [2.24, 2.45) is 0 Å². The third kappa shape index (κ3) is 3.54. The average molecular weight is 613 g/mol. The van der Waals surface area contributed by atoms with Crippen molar-refractivity contribution in [1.29, 1.82) is 0 Å². The lowest BCUT2D eigenvalue weighted by atomic mass is 9.97. The molecule has 0 amide bonds. The standard InChI is InChI=1S/C44H24N2O2/c1-2-10-25(11-3-1)44-45-36(24-37(46-44)30-15-9-19-40-42(30)31-13-5-7-18-39(31)47-40)26-20-21-27-29-14-8-16-32-41(29)34(33(27)22-26)23-35-28-12-4-6-17-38(28)48-43(32)35/h1-24H. The smallest absolute Gasteiger partial charge is 0.160 e. The first-order chi connectivity index (χ1) is 23.8. The van der Waals surface area contributed by atoms with Crippen LogP contribution in [0.1, 0.15) is 0 Å². The third-order valence-electron chi connectivity index (χ3n) is 9.83. The summed E-state index contributed by atoms with van der Waals surface area (Å²) in [5.41, 5.74) is 13.2. The summed E-state index contributed by atoms with van der Waals surface area (Å²) in [5, 5.41) is 6.79. The Balaban J connectivity index is 1.16. The number of para-hydroxylation sites is 2. The van der Waals surface area contributed by atoms with Gasteiger partial charge in [0.25, 0.3) is 0 Å². The maximum absolute atomic E-state index is 6.43. The van der Waals surface area contributed by atoms with Crippen LogP contribution in [0.15, 0.2) is 154 Å². The summed E-state index contributed by atoms with van der Waals surface area (Å²) in [5.74, 6) is 0.686. The maximum Gasteiger partial charge on any atom is 0.160 e. The highest BCUT2D eigenvalue weighted by atomic mass is 16.3. The van der Waals surface area contributed by atoms with Crippen LogP contribution in [0.5, 0.6) is 0 Å². The average Bonchev–Trinajstić information content (AvgIpc) is 3.82. The number of furan rings is 2. The molecule has 10 aromatic rings. The summed E-state index contributed by atoms with van der Waals surface area (Å²) in [7, 11) is 0. The lowest BCUT2D eigenvalue weighted by molar-refractivity contribution is 0.669. The van der Waals surface area contributed by atoms with Crippen LogP contribution in [-0.2, 0) is 0 Å². The van der Waals surface area contributed by atoms with Crippen molar-refractivity contribution < 1.29 is 8.83 Å². The second kappa shape index (κ2) is 9.50. The Labute approximate surface area is 274 Å². The zero-order chi connectivity index (χ0) is 31.3. The maximum atomic E-state index is 6.43. The summed E-state index contributed by atoms with van der Waals surface area (Å²) in [6, 6.07) is 50.6. The molecule has 1 aliphatic rings. The van der Waals surface area contributed by atoms with Gasteiger partial charge in [0.2, 0.25) is 0 Å². The lowest BCUT2D eigenvalue weighted by Crippen LogP contribution is -1.96. The van der Waals surface area contributed by atoms with Crippen LogP contribution < -0.4 is 0 Å². The quantitative estimate of drug-likeness (QED) is 0.199. The van der Waals surface area contributed by atoms with Crippen molar-refractivity contribution in [3.8, 4) is 56.2 Å². The molecule has 3 aromatic heterocycles. The van der Waals surface area contributed by atoms with Gasteiger partial charge < -0.3 is 8.83 Å². The first-order valence-electron chi connectivity index (χ1n) is 16.2. The predicted molar refractivity (Wildman–Crippen MR) is 195 cm³/mol. The van der Waals surface area contributed by atoms with E-state index in [1.54, 1.807) is 0 Å². The summed E-state index contributed by atoms with van der Waals surface area (Å²) in [6.07, 6.45) is 0. The minimum absolute atomic E-state index is 0.686. The molecule has 0 N–H and O–H groups in total. The molecule has 48 heavy (non-hydrogen) atoms. The highest BCUT2D eigenvalue weighted by molar-refractivity contribution is 6.26. The van der Waals surface area contributed by atoms with Gasteiger partial charge in [-0.1, -0.05) is 109 Å². The summed E-state index contributed by atoms with van der Waals surface area (Å²) < 4.78 is 12.7. The molecule has 0 atom stereocenters. The van der Waals surface area contributed by atoms with Gasteiger partial charge in [-0.2, -0.15) is 0 Å². The van der Waals surface area contributed by atoms with Gasteiger partial charge in [0.1, 0.15) is 22.3 Å². The van der Waals surface area contributed by atoms with E-state index in [2.05, 4.69) is 91.0 Å². The van der Waals surface area contributed by atoms with Crippen molar-refractivity contribution in [3.05, 3.63) is 146 Å². The number of nitrogens with zero attached hydrogens (tertiary/aromatic N) is 2. The number of fused-ring (bicyclic) bond motifs is 10. The molecule has 222 valence electrons. The summed E-state index contributed by atoms with van der Waals surface area (Å²) in [6.45, 7) is 0. The van der Waals surface area contributed by atoms with Gasteiger partial charge in [0.15, 0.2) is 5.82 Å². The SMILES string of the molecule is c1ccc(-c2nc(-c3ccc4c(c3)-c3cc5c6ccccc6oc5c5cccc-4c35)cc(-c3cccc4oc5ccccc5c34)n2)cc1. The van der Waals surface area contributed by atoms with Gasteiger partial charge in [-0.05, 0) is 58.7 Å². The van der Waals surface area contributed by atoms with E-state index in [4.69, 9.17) is 18.8 Å². The largest absolute Gasteiger partial charge is 0.456 e. The second-order valence-corrected chi connectivity index (χ2v) is 12.5. The fourth-order valence-electron chi connectivity index (χ4n) is 7.69. The van der Waals surface area contributed by atoms with Crippen LogP contribution in [0.3, 0.4) is 0 Å². The Hall–Kier alpha value is -6.52. The van der Waals surface area contributed by atoms with Crippen LogP contribution in [0.25, 0.3) is 111 Å². The number of hydrogen-bond donors (Lipinski definition) is 0. The van der Waals surface area contributed by atoms with Crippen molar-refractivity contribution in [3.63, 3.8) is 0 Å². The Morgan fingerprint density at radius 2 is 1.06 bits per heavy atom. The molecule has 0 radical (unpaired) electrons. The normalized spacial score (nSPS) is 12.2. The van der Waals surface area contributed by atoms with Crippen molar-refractivity contribution in [2.45, 2.75) is 0 Å². The number of aromatic nitrogens is 2. The molecular weight excluding hydrogens is 588 g/mol. The van der Waals surface area contributed by atoms with E-state index in [1.807, 2.05) is 54.6 Å². The van der Waals surface area contributed by atoms with E-state index in [0.717, 1.165) is 77.3 Å². The Bertz CT molecular complexity index is 2950. The van der Waals surface area contributed by atoms with E-state index >= 15 is 0 Å². The second-order valence-electron chi connectivity index (χ2n) is 12.5. The first kappa shape index (κ1) is 25.6. The molecule has 0 fully saturated rings. The van der Waals surface area contributed by atoms with Gasteiger partial charge in [-0.15, -0.1) is 0 Å². The fraction of sp³-hybridized carbons (Fsp3) is 0. The zero-order valence-corrected chi connectivity index (χ0v) is 25.6. The monoisotopic (exact) mass is 612 g/mol. The highest BCUT2D eigenvalue weighted by Gasteiger charge is 2.26. The Kier molecular flexibility index (Phi) is 5.08. The molecule has 0 saturated heterocycles. The van der Waals surface area contributed by atoms with Crippen molar-refractivity contribution >= 4 is 54.6 Å². The van der Waals surface area contributed by atoms with Gasteiger partial charge in [-0.25, -0.2) is 9.97 Å². The lowest BCUT2D eigenvalue weighted by Gasteiger charge is -2.11. The first-order valence-corrected chi connectivity index (χ1v) is 16.2. The predicted octanol–water partition coefficient (Wildman–Crippen LogP) is 12.1. The van der Waals surface area contributed by atoms with E-state index in [9.17, 15) is 0 Å². The van der Waals surface area contributed by atoms with Crippen molar-refractivity contribution in [2.75, 3.05) is 0 Å². The number of hydrogen-bond acceptors (Lipinski definition) is 4. The topological polar surface area (TPSA) is 52.1 Å². The minimum Gasteiger partial charge on any atom is -0.456 e. The van der Waals surface area contributed by atoms with Gasteiger partial charge >= 0.3 is 0 Å². The Morgan fingerprint density at radius 3 is 1.96 bits per heavy atom. The van der Waals surface area contributed by atoms with E-state index in [0.29, 0.717) is 5.82 Å². The van der Waals surface area contributed by atoms with Crippen LogP contribution >= 0.6 is 0 Å². The van der Waals surface area contributed by atoms with E-state index in [1.165, 1.54) is 27.6 Å². The fourth-order valence-corrected chi connectivity index (χ4v) is 7.69.